The molecule has 0 aromatic rings. The normalized spacial score (nSPS) is 27.8. The van der Waals surface area contributed by atoms with E-state index in [0.29, 0.717) is 0 Å². The molecule has 1 N–H and O–H groups in total. The molecule has 0 radical (unpaired) electrons. The fourth-order valence-electron chi connectivity index (χ4n) is 1.30. The van der Waals surface area contributed by atoms with Gasteiger partial charge in [-0.25, -0.2) is 0 Å². The Bertz CT molecular complexity index is 154. The number of nitrogens with one attached hydrogen (secondary N) is 1. The Balaban J connectivity index is 0.00000121. The van der Waals surface area contributed by atoms with Gasteiger partial charge in [-0.3, -0.25) is 4.79 Å². The highest BCUT2D eigenvalue weighted by Gasteiger charge is 2.33. The second-order valence-corrected chi connectivity index (χ2v) is 2.52. The van der Waals surface area contributed by atoms with Crippen LogP contribution >= 0.6 is 12.4 Å². The van der Waals surface area contributed by atoms with Gasteiger partial charge in [0, 0.05) is 7.11 Å². The van der Waals surface area contributed by atoms with Crippen LogP contribution in [-0.2, 0) is 14.3 Å². The molecule has 1 aliphatic heterocycles. The van der Waals surface area contributed by atoms with Crippen molar-refractivity contribution < 1.29 is 14.3 Å². The van der Waals surface area contributed by atoms with E-state index in [-0.39, 0.29) is 30.5 Å². The van der Waals surface area contributed by atoms with E-state index in [9.17, 15) is 4.79 Å². The van der Waals surface area contributed by atoms with Crippen LogP contribution < -0.4 is 5.32 Å². The van der Waals surface area contributed by atoms with Crippen LogP contribution in [0.3, 0.4) is 0 Å². The summed E-state index contributed by atoms with van der Waals surface area (Å²) in [6, 6.07) is -0.273. The highest BCUT2D eigenvalue weighted by Crippen LogP contribution is 2.11. The maximum Gasteiger partial charge on any atom is 0.325 e. The number of hydrogen-bond donors (Lipinski definition) is 1. The zero-order valence-corrected chi connectivity index (χ0v) is 8.02. The number of halogens is 1. The minimum absolute atomic E-state index is 0. The van der Waals surface area contributed by atoms with E-state index >= 15 is 0 Å². The van der Waals surface area contributed by atoms with Crippen LogP contribution in [0.2, 0.25) is 0 Å². The fourth-order valence-corrected chi connectivity index (χ4v) is 1.30. The first-order valence-electron chi connectivity index (χ1n) is 3.63. The number of carbonyl (C=O) groups is 1. The quantitative estimate of drug-likeness (QED) is 0.629. The summed E-state index contributed by atoms with van der Waals surface area (Å²) in [6.07, 6.45) is 0.846. The van der Waals surface area contributed by atoms with Gasteiger partial charge >= 0.3 is 5.97 Å². The maximum atomic E-state index is 11.0. The lowest BCUT2D eigenvalue weighted by Gasteiger charge is -2.14. The topological polar surface area (TPSA) is 47.6 Å². The van der Waals surface area contributed by atoms with Gasteiger partial charge < -0.3 is 14.8 Å². The van der Waals surface area contributed by atoms with Crippen molar-refractivity contribution >= 4 is 18.4 Å². The summed E-state index contributed by atoms with van der Waals surface area (Å²) in [6.45, 7) is 0.818. The second kappa shape index (κ2) is 5.35. The van der Waals surface area contributed by atoms with E-state index < -0.39 is 0 Å². The molecule has 0 unspecified atom stereocenters. The van der Waals surface area contributed by atoms with Crippen LogP contribution in [0.4, 0.5) is 0 Å². The predicted octanol–water partition coefficient (Wildman–Crippen LogP) is -0.0419. The Morgan fingerprint density at radius 1 is 1.50 bits per heavy atom. The second-order valence-electron chi connectivity index (χ2n) is 2.52. The smallest absolute Gasteiger partial charge is 0.325 e. The number of ether oxygens (including phenoxy) is 2. The van der Waals surface area contributed by atoms with Gasteiger partial charge in [-0.2, -0.15) is 0 Å². The predicted molar refractivity (Wildman–Crippen MR) is 46.5 cm³/mol. The average Bonchev–Trinajstić information content (AvgIpc) is 2.50. The van der Waals surface area contributed by atoms with E-state index in [2.05, 4.69) is 10.1 Å². The van der Waals surface area contributed by atoms with E-state index in [1.165, 1.54) is 7.11 Å². The van der Waals surface area contributed by atoms with Crippen LogP contribution in [0.15, 0.2) is 0 Å². The molecule has 0 aromatic heterocycles. The van der Waals surface area contributed by atoms with Gasteiger partial charge in [0.25, 0.3) is 0 Å². The van der Waals surface area contributed by atoms with Crippen molar-refractivity contribution in [2.24, 2.45) is 0 Å². The lowest BCUT2D eigenvalue weighted by molar-refractivity contribution is -0.145. The molecule has 5 heteroatoms. The summed E-state index contributed by atoms with van der Waals surface area (Å²) in [4.78, 5) is 11.0. The van der Waals surface area contributed by atoms with E-state index in [4.69, 9.17) is 4.74 Å². The summed E-state index contributed by atoms with van der Waals surface area (Å²) < 4.78 is 9.67. The first-order valence-corrected chi connectivity index (χ1v) is 3.63. The van der Waals surface area contributed by atoms with Crippen LogP contribution in [0.5, 0.6) is 0 Å². The van der Waals surface area contributed by atoms with Gasteiger partial charge in [0.15, 0.2) is 0 Å². The number of rotatable bonds is 2. The molecule has 0 spiro atoms. The van der Waals surface area contributed by atoms with Crippen molar-refractivity contribution in [3.05, 3.63) is 0 Å². The Labute approximate surface area is 78.0 Å². The molecular weight excluding hydrogens is 182 g/mol. The molecule has 1 heterocycles. The van der Waals surface area contributed by atoms with Crippen molar-refractivity contribution in [1.82, 2.24) is 5.32 Å². The monoisotopic (exact) mass is 195 g/mol. The van der Waals surface area contributed by atoms with Crippen LogP contribution in [0, 0.1) is 0 Å². The van der Waals surface area contributed by atoms with Crippen LogP contribution in [0.1, 0.15) is 6.42 Å². The van der Waals surface area contributed by atoms with Crippen LogP contribution in [0.25, 0.3) is 0 Å². The molecule has 0 saturated carbocycles. The number of esters is 1. The van der Waals surface area contributed by atoms with Crippen molar-refractivity contribution in [2.75, 3.05) is 20.8 Å². The third-order valence-corrected chi connectivity index (χ3v) is 1.92. The molecule has 0 amide bonds. The van der Waals surface area contributed by atoms with Gasteiger partial charge in [-0.15, -0.1) is 12.4 Å². The van der Waals surface area contributed by atoms with Gasteiger partial charge in [0.1, 0.15) is 6.04 Å². The highest BCUT2D eigenvalue weighted by atomic mass is 35.5. The summed E-state index contributed by atoms with van der Waals surface area (Å²) in [5, 5.41) is 3.01. The van der Waals surface area contributed by atoms with E-state index in [1.54, 1.807) is 7.11 Å². The van der Waals surface area contributed by atoms with Crippen molar-refractivity contribution in [1.29, 1.82) is 0 Å². The van der Waals surface area contributed by atoms with Crippen molar-refractivity contribution in [3.8, 4) is 0 Å². The highest BCUT2D eigenvalue weighted by molar-refractivity contribution is 5.85. The summed E-state index contributed by atoms with van der Waals surface area (Å²) >= 11 is 0. The minimum Gasteiger partial charge on any atom is -0.468 e. The van der Waals surface area contributed by atoms with Gasteiger partial charge in [0.2, 0.25) is 0 Å². The van der Waals surface area contributed by atoms with E-state index in [1.807, 2.05) is 0 Å². The zero-order chi connectivity index (χ0) is 8.27. The fraction of sp³-hybridized carbons (Fsp3) is 0.857. The number of hydrogen-bond acceptors (Lipinski definition) is 4. The maximum absolute atomic E-state index is 11.0. The summed E-state index contributed by atoms with van der Waals surface area (Å²) in [5.41, 5.74) is 0. The van der Waals surface area contributed by atoms with E-state index in [0.717, 1.165) is 13.0 Å². The number of methoxy groups -OCH3 is 2. The van der Waals surface area contributed by atoms with Crippen molar-refractivity contribution in [2.45, 2.75) is 18.6 Å². The molecule has 4 nitrogen and oxygen atoms in total. The largest absolute Gasteiger partial charge is 0.468 e. The van der Waals surface area contributed by atoms with Gasteiger partial charge in [-0.05, 0) is 13.0 Å². The van der Waals surface area contributed by atoms with Crippen molar-refractivity contribution in [3.63, 3.8) is 0 Å². The van der Waals surface area contributed by atoms with Crippen LogP contribution in [-0.4, -0.2) is 38.9 Å². The third kappa shape index (κ3) is 2.33. The summed E-state index contributed by atoms with van der Waals surface area (Å²) in [7, 11) is 2.99. The molecule has 2 atom stereocenters. The van der Waals surface area contributed by atoms with Gasteiger partial charge in [0.05, 0.1) is 13.2 Å². The number of carbonyl (C=O) groups excluding carboxylic acids is 1. The Hall–Kier alpha value is -0.320. The summed E-state index contributed by atoms with van der Waals surface area (Å²) in [5.74, 6) is -0.241. The molecule has 72 valence electrons. The lowest BCUT2D eigenvalue weighted by atomic mass is 10.2. The first-order chi connectivity index (χ1) is 5.29. The molecule has 1 rings (SSSR count). The molecular formula is C7H14ClNO3. The SMILES string of the molecule is COC(=O)[C@H]1NCC[C@H]1OC.Cl. The zero-order valence-electron chi connectivity index (χ0n) is 7.20. The molecule has 1 fully saturated rings. The first kappa shape index (κ1) is 11.7. The third-order valence-electron chi connectivity index (χ3n) is 1.92. The molecule has 1 saturated heterocycles. The molecule has 0 aromatic carbocycles. The van der Waals surface area contributed by atoms with Gasteiger partial charge in [-0.1, -0.05) is 0 Å². The molecule has 0 bridgehead atoms. The molecule has 12 heavy (non-hydrogen) atoms. The minimum atomic E-state index is -0.273. The average molecular weight is 196 g/mol. The Morgan fingerprint density at radius 3 is 2.67 bits per heavy atom. The molecule has 1 aliphatic rings. The molecule has 0 aliphatic carbocycles. The Kier molecular flexibility index (Phi) is 5.20. The Morgan fingerprint density at radius 2 is 2.17 bits per heavy atom. The standard InChI is InChI=1S/C7H13NO3.ClH/c1-10-5-3-4-8-6(5)7(9)11-2;/h5-6,8H,3-4H2,1-2H3;1H/t5-,6+;/m1./s1. The lowest BCUT2D eigenvalue weighted by Crippen LogP contribution is -2.40.